The molecular weight excluding hydrogens is 186 g/mol. The zero-order valence-corrected chi connectivity index (χ0v) is 8.03. The van der Waals surface area contributed by atoms with Gasteiger partial charge in [-0.2, -0.15) is 0 Å². The molecular formula is C9H15NO4. The van der Waals surface area contributed by atoms with Crippen molar-refractivity contribution < 1.29 is 19.0 Å². The fraction of sp³-hybridized carbons (Fsp3) is 0.889. The van der Waals surface area contributed by atoms with Gasteiger partial charge in [-0.25, -0.2) is 4.79 Å². The molecule has 0 aromatic rings. The average Bonchev–Trinajstić information content (AvgIpc) is 2.63. The molecule has 0 bridgehead atoms. The number of cyclic esters (lactones) is 1. The van der Waals surface area contributed by atoms with Gasteiger partial charge in [0, 0.05) is 6.61 Å². The van der Waals surface area contributed by atoms with Crippen LogP contribution in [0.25, 0.3) is 0 Å². The van der Waals surface area contributed by atoms with Gasteiger partial charge in [0.1, 0.15) is 6.10 Å². The Balaban J connectivity index is 1.63. The Kier molecular flexibility index (Phi) is 3.21. The summed E-state index contributed by atoms with van der Waals surface area (Å²) >= 11 is 0. The topological polar surface area (TPSA) is 56.8 Å². The minimum absolute atomic E-state index is 0.108. The third kappa shape index (κ3) is 2.59. The summed E-state index contributed by atoms with van der Waals surface area (Å²) in [6, 6.07) is 0. The zero-order valence-electron chi connectivity index (χ0n) is 8.03. The summed E-state index contributed by atoms with van der Waals surface area (Å²) in [5, 5.41) is 2.58. The van der Waals surface area contributed by atoms with Crippen molar-refractivity contribution in [3.63, 3.8) is 0 Å². The predicted octanol–water partition coefficient (Wildman–Crippen LogP) is 0.638. The first-order chi connectivity index (χ1) is 6.84. The van der Waals surface area contributed by atoms with Gasteiger partial charge >= 0.3 is 6.09 Å². The molecule has 5 nitrogen and oxygen atoms in total. The molecule has 0 aromatic carbocycles. The Hall–Kier alpha value is -0.810. The van der Waals surface area contributed by atoms with Crippen molar-refractivity contribution in [1.29, 1.82) is 0 Å². The third-order valence-corrected chi connectivity index (χ3v) is 2.35. The van der Waals surface area contributed by atoms with Crippen LogP contribution in [0.2, 0.25) is 0 Å². The van der Waals surface area contributed by atoms with Crippen LogP contribution in [0.15, 0.2) is 0 Å². The van der Waals surface area contributed by atoms with Crippen molar-refractivity contribution >= 4 is 6.09 Å². The van der Waals surface area contributed by atoms with Crippen LogP contribution >= 0.6 is 0 Å². The van der Waals surface area contributed by atoms with E-state index in [1.54, 1.807) is 0 Å². The van der Waals surface area contributed by atoms with Gasteiger partial charge in [-0.3, -0.25) is 0 Å². The summed E-state index contributed by atoms with van der Waals surface area (Å²) < 4.78 is 15.8. The SMILES string of the molecule is O=C1NCC(COC2CCCCO2)O1. The van der Waals surface area contributed by atoms with Gasteiger partial charge in [-0.05, 0) is 19.3 Å². The minimum atomic E-state index is -0.358. The lowest BCUT2D eigenvalue weighted by atomic mass is 10.2. The van der Waals surface area contributed by atoms with Crippen LogP contribution in [0.3, 0.4) is 0 Å². The van der Waals surface area contributed by atoms with Crippen LogP contribution < -0.4 is 5.32 Å². The van der Waals surface area contributed by atoms with Crippen LogP contribution in [-0.4, -0.2) is 38.2 Å². The summed E-state index contributed by atoms with van der Waals surface area (Å²) in [6.07, 6.45) is 2.57. The van der Waals surface area contributed by atoms with E-state index in [0.29, 0.717) is 13.2 Å². The molecule has 2 aliphatic heterocycles. The number of nitrogens with one attached hydrogen (secondary N) is 1. The van der Waals surface area contributed by atoms with E-state index in [-0.39, 0.29) is 18.5 Å². The Morgan fingerprint density at radius 1 is 1.50 bits per heavy atom. The van der Waals surface area contributed by atoms with Crippen LogP contribution in [0.1, 0.15) is 19.3 Å². The first-order valence-corrected chi connectivity index (χ1v) is 5.02. The monoisotopic (exact) mass is 201 g/mol. The lowest BCUT2D eigenvalue weighted by Crippen LogP contribution is -2.28. The van der Waals surface area contributed by atoms with E-state index >= 15 is 0 Å². The lowest BCUT2D eigenvalue weighted by molar-refractivity contribution is -0.172. The second-order valence-electron chi connectivity index (χ2n) is 3.54. The Bertz CT molecular complexity index is 203. The smallest absolute Gasteiger partial charge is 0.407 e. The molecule has 1 N–H and O–H groups in total. The normalized spacial score (nSPS) is 32.4. The molecule has 0 saturated carbocycles. The average molecular weight is 201 g/mol. The highest BCUT2D eigenvalue weighted by molar-refractivity contribution is 5.69. The molecule has 14 heavy (non-hydrogen) atoms. The van der Waals surface area contributed by atoms with Crippen LogP contribution in [0, 0.1) is 0 Å². The molecule has 0 aliphatic carbocycles. The number of ether oxygens (including phenoxy) is 3. The Morgan fingerprint density at radius 3 is 3.07 bits per heavy atom. The summed E-state index contributed by atoms with van der Waals surface area (Å²) in [6.45, 7) is 1.72. The zero-order chi connectivity index (χ0) is 9.80. The molecule has 2 heterocycles. The van der Waals surface area contributed by atoms with E-state index in [1.165, 1.54) is 0 Å². The highest BCUT2D eigenvalue weighted by atomic mass is 16.7. The molecule has 2 unspecified atom stereocenters. The predicted molar refractivity (Wildman–Crippen MR) is 47.8 cm³/mol. The third-order valence-electron chi connectivity index (χ3n) is 2.35. The van der Waals surface area contributed by atoms with Gasteiger partial charge in [-0.1, -0.05) is 0 Å². The largest absolute Gasteiger partial charge is 0.442 e. The fourth-order valence-corrected chi connectivity index (χ4v) is 1.58. The first-order valence-electron chi connectivity index (χ1n) is 5.02. The van der Waals surface area contributed by atoms with Crippen LogP contribution in [0.4, 0.5) is 4.79 Å². The van der Waals surface area contributed by atoms with Crippen LogP contribution in [0.5, 0.6) is 0 Å². The van der Waals surface area contributed by atoms with E-state index in [9.17, 15) is 4.79 Å². The van der Waals surface area contributed by atoms with Crippen molar-refractivity contribution in [2.45, 2.75) is 31.7 Å². The van der Waals surface area contributed by atoms with Crippen molar-refractivity contribution in [1.82, 2.24) is 5.32 Å². The Labute approximate surface area is 82.7 Å². The van der Waals surface area contributed by atoms with E-state index in [1.807, 2.05) is 0 Å². The summed E-state index contributed by atoms with van der Waals surface area (Å²) in [5.41, 5.74) is 0. The van der Waals surface area contributed by atoms with Gasteiger partial charge in [-0.15, -0.1) is 0 Å². The molecule has 0 aromatic heterocycles. The van der Waals surface area contributed by atoms with Gasteiger partial charge < -0.3 is 19.5 Å². The minimum Gasteiger partial charge on any atom is -0.442 e. The number of carbonyl (C=O) groups excluding carboxylic acids is 1. The highest BCUT2D eigenvalue weighted by Gasteiger charge is 2.24. The molecule has 2 aliphatic rings. The summed E-state index contributed by atoms with van der Waals surface area (Å²) in [7, 11) is 0. The highest BCUT2D eigenvalue weighted by Crippen LogP contribution is 2.14. The van der Waals surface area contributed by atoms with Crippen LogP contribution in [-0.2, 0) is 14.2 Å². The molecule has 2 rings (SSSR count). The molecule has 5 heteroatoms. The first kappa shape index (κ1) is 9.73. The second-order valence-corrected chi connectivity index (χ2v) is 3.54. The van der Waals surface area contributed by atoms with Gasteiger partial charge in [0.15, 0.2) is 6.29 Å². The van der Waals surface area contributed by atoms with E-state index in [4.69, 9.17) is 14.2 Å². The number of alkyl carbamates (subject to hydrolysis) is 1. The number of carbonyl (C=O) groups is 1. The number of hydrogen-bond acceptors (Lipinski definition) is 4. The van der Waals surface area contributed by atoms with Crippen molar-refractivity contribution in [3.8, 4) is 0 Å². The number of amides is 1. The van der Waals surface area contributed by atoms with Gasteiger partial charge in [0.25, 0.3) is 0 Å². The molecule has 2 saturated heterocycles. The summed E-state index contributed by atoms with van der Waals surface area (Å²) in [5.74, 6) is 0. The maximum Gasteiger partial charge on any atom is 0.407 e. The molecule has 0 spiro atoms. The molecule has 2 atom stereocenters. The second kappa shape index (κ2) is 4.61. The van der Waals surface area contributed by atoms with Gasteiger partial charge in [0.05, 0.1) is 13.2 Å². The standard InChI is InChI=1S/C9H15NO4/c11-9-10-5-7(14-9)6-13-8-3-1-2-4-12-8/h7-8H,1-6H2,(H,10,11). The molecule has 0 radical (unpaired) electrons. The summed E-state index contributed by atoms with van der Waals surface area (Å²) in [4.78, 5) is 10.7. The fourth-order valence-electron chi connectivity index (χ4n) is 1.58. The maximum atomic E-state index is 10.7. The van der Waals surface area contributed by atoms with Crippen molar-refractivity contribution in [2.75, 3.05) is 19.8 Å². The number of rotatable bonds is 3. The van der Waals surface area contributed by atoms with E-state index in [0.717, 1.165) is 25.9 Å². The maximum absolute atomic E-state index is 10.7. The number of hydrogen-bond donors (Lipinski definition) is 1. The lowest BCUT2D eigenvalue weighted by Gasteiger charge is -2.23. The Morgan fingerprint density at radius 2 is 2.43 bits per heavy atom. The van der Waals surface area contributed by atoms with Crippen molar-refractivity contribution in [3.05, 3.63) is 0 Å². The van der Waals surface area contributed by atoms with Gasteiger partial charge in [0.2, 0.25) is 0 Å². The molecule has 80 valence electrons. The van der Waals surface area contributed by atoms with E-state index in [2.05, 4.69) is 5.32 Å². The molecule has 2 fully saturated rings. The quantitative estimate of drug-likeness (QED) is 0.728. The molecule has 1 amide bonds. The van der Waals surface area contributed by atoms with Crippen molar-refractivity contribution in [2.24, 2.45) is 0 Å². The van der Waals surface area contributed by atoms with E-state index < -0.39 is 0 Å².